The highest BCUT2D eigenvalue weighted by molar-refractivity contribution is 5.46. The van der Waals surface area contributed by atoms with Crippen LogP contribution in [-0.2, 0) is 0 Å². The summed E-state index contributed by atoms with van der Waals surface area (Å²) in [4.78, 5) is 8.47. The van der Waals surface area contributed by atoms with E-state index in [1.165, 1.54) is 32.1 Å². The molecule has 0 bridgehead atoms. The summed E-state index contributed by atoms with van der Waals surface area (Å²) in [5.74, 6) is 2.52. The van der Waals surface area contributed by atoms with Crippen molar-refractivity contribution in [2.24, 2.45) is 11.7 Å². The molecular weight excluding hydrogens is 238 g/mol. The maximum absolute atomic E-state index is 5.59. The Labute approximate surface area is 115 Å². The zero-order chi connectivity index (χ0) is 13.5. The minimum atomic E-state index is 0.223. The van der Waals surface area contributed by atoms with Gasteiger partial charge in [0.1, 0.15) is 18.0 Å². The third kappa shape index (κ3) is 4.67. The van der Waals surface area contributed by atoms with E-state index in [1.807, 2.05) is 13.0 Å². The molecule has 1 aliphatic carbocycles. The lowest BCUT2D eigenvalue weighted by atomic mass is 9.89. The standard InChI is InChI=1S/C14H25N5/c1-11(8-15)19-14-7-13(17-10-18-14)16-9-12-5-3-2-4-6-12/h7,10-12H,2-6,8-9,15H2,1H3,(H2,16,17,18,19). The summed E-state index contributed by atoms with van der Waals surface area (Å²) in [6.07, 6.45) is 8.42. The summed E-state index contributed by atoms with van der Waals surface area (Å²) in [5, 5.41) is 6.68. The predicted octanol–water partition coefficient (Wildman–Crippen LogP) is 2.23. The van der Waals surface area contributed by atoms with Crippen molar-refractivity contribution in [2.75, 3.05) is 23.7 Å². The van der Waals surface area contributed by atoms with Gasteiger partial charge in [0, 0.05) is 25.2 Å². The predicted molar refractivity (Wildman–Crippen MR) is 79.2 cm³/mol. The zero-order valence-electron chi connectivity index (χ0n) is 11.7. The van der Waals surface area contributed by atoms with Gasteiger partial charge in [0.15, 0.2) is 0 Å². The molecule has 2 rings (SSSR count). The molecule has 4 N–H and O–H groups in total. The minimum Gasteiger partial charge on any atom is -0.370 e. The number of hydrogen-bond donors (Lipinski definition) is 3. The van der Waals surface area contributed by atoms with Gasteiger partial charge in [-0.05, 0) is 25.7 Å². The van der Waals surface area contributed by atoms with E-state index >= 15 is 0 Å². The molecule has 1 aliphatic rings. The minimum absolute atomic E-state index is 0.223. The summed E-state index contributed by atoms with van der Waals surface area (Å²) in [6, 6.07) is 2.18. The van der Waals surface area contributed by atoms with Gasteiger partial charge in [0.2, 0.25) is 0 Å². The first-order valence-corrected chi connectivity index (χ1v) is 7.30. The number of hydrogen-bond acceptors (Lipinski definition) is 5. The summed E-state index contributed by atoms with van der Waals surface area (Å²) >= 11 is 0. The second-order valence-electron chi connectivity index (χ2n) is 5.45. The number of aromatic nitrogens is 2. The first-order valence-electron chi connectivity index (χ1n) is 7.30. The van der Waals surface area contributed by atoms with Gasteiger partial charge < -0.3 is 16.4 Å². The average Bonchev–Trinajstić information content (AvgIpc) is 2.46. The normalized spacial score (nSPS) is 18.0. The first-order chi connectivity index (χ1) is 9.28. The molecule has 1 aromatic rings. The van der Waals surface area contributed by atoms with Gasteiger partial charge in [-0.15, -0.1) is 0 Å². The quantitative estimate of drug-likeness (QED) is 0.734. The van der Waals surface area contributed by atoms with Crippen LogP contribution in [0.3, 0.4) is 0 Å². The van der Waals surface area contributed by atoms with Crippen LogP contribution in [0.2, 0.25) is 0 Å². The molecule has 106 valence electrons. The molecule has 1 saturated carbocycles. The summed E-state index contributed by atoms with van der Waals surface area (Å²) < 4.78 is 0. The smallest absolute Gasteiger partial charge is 0.131 e. The molecule has 1 heterocycles. The van der Waals surface area contributed by atoms with Crippen molar-refractivity contribution >= 4 is 11.6 Å². The number of nitrogens with zero attached hydrogens (tertiary/aromatic N) is 2. The van der Waals surface area contributed by atoms with Gasteiger partial charge >= 0.3 is 0 Å². The highest BCUT2D eigenvalue weighted by atomic mass is 15.1. The van der Waals surface area contributed by atoms with Gasteiger partial charge in [-0.3, -0.25) is 0 Å². The molecular formula is C14H25N5. The third-order valence-corrected chi connectivity index (χ3v) is 3.71. The number of nitrogens with two attached hydrogens (primary N) is 1. The molecule has 1 fully saturated rings. The van der Waals surface area contributed by atoms with E-state index < -0.39 is 0 Å². The van der Waals surface area contributed by atoms with Crippen LogP contribution in [0.5, 0.6) is 0 Å². The Kier molecular flexibility index (Phi) is 5.39. The molecule has 1 aromatic heterocycles. The van der Waals surface area contributed by atoms with Gasteiger partial charge in [-0.1, -0.05) is 19.3 Å². The van der Waals surface area contributed by atoms with Crippen molar-refractivity contribution in [2.45, 2.75) is 45.1 Å². The Hall–Kier alpha value is -1.36. The van der Waals surface area contributed by atoms with Crippen molar-refractivity contribution in [3.05, 3.63) is 12.4 Å². The maximum Gasteiger partial charge on any atom is 0.131 e. The number of rotatable bonds is 6. The Morgan fingerprint density at radius 3 is 2.74 bits per heavy atom. The van der Waals surface area contributed by atoms with Gasteiger partial charge in [0.25, 0.3) is 0 Å². The van der Waals surface area contributed by atoms with Crippen LogP contribution in [0.4, 0.5) is 11.6 Å². The lowest BCUT2D eigenvalue weighted by Gasteiger charge is -2.22. The SMILES string of the molecule is CC(CN)Nc1cc(NCC2CCCCC2)ncn1. The molecule has 5 heteroatoms. The van der Waals surface area contributed by atoms with Crippen LogP contribution in [0.15, 0.2) is 12.4 Å². The summed E-state index contributed by atoms with van der Waals surface area (Å²) in [6.45, 7) is 3.65. The monoisotopic (exact) mass is 263 g/mol. The second-order valence-corrected chi connectivity index (χ2v) is 5.45. The Morgan fingerprint density at radius 1 is 1.26 bits per heavy atom. The summed E-state index contributed by atoms with van der Waals surface area (Å²) in [7, 11) is 0. The molecule has 0 saturated heterocycles. The van der Waals surface area contributed by atoms with Crippen LogP contribution >= 0.6 is 0 Å². The van der Waals surface area contributed by atoms with E-state index in [-0.39, 0.29) is 6.04 Å². The highest BCUT2D eigenvalue weighted by Gasteiger charge is 2.13. The number of anilines is 2. The molecule has 0 spiro atoms. The third-order valence-electron chi connectivity index (χ3n) is 3.71. The van der Waals surface area contributed by atoms with Crippen LogP contribution in [0.25, 0.3) is 0 Å². The topological polar surface area (TPSA) is 75.9 Å². The van der Waals surface area contributed by atoms with E-state index in [0.717, 1.165) is 24.1 Å². The molecule has 0 amide bonds. The van der Waals surface area contributed by atoms with E-state index in [9.17, 15) is 0 Å². The van der Waals surface area contributed by atoms with Crippen LogP contribution < -0.4 is 16.4 Å². The molecule has 0 aromatic carbocycles. The molecule has 1 unspecified atom stereocenters. The van der Waals surface area contributed by atoms with Crippen LogP contribution in [0.1, 0.15) is 39.0 Å². The molecule has 1 atom stereocenters. The van der Waals surface area contributed by atoms with Crippen LogP contribution in [0, 0.1) is 5.92 Å². The lowest BCUT2D eigenvalue weighted by Crippen LogP contribution is -2.25. The van der Waals surface area contributed by atoms with E-state index in [0.29, 0.717) is 6.54 Å². The molecule has 0 aliphatic heterocycles. The van der Waals surface area contributed by atoms with Crippen molar-refractivity contribution in [1.82, 2.24) is 9.97 Å². The molecule has 5 nitrogen and oxygen atoms in total. The average molecular weight is 263 g/mol. The van der Waals surface area contributed by atoms with Gasteiger partial charge in [-0.2, -0.15) is 0 Å². The fourth-order valence-electron chi connectivity index (χ4n) is 2.48. The lowest BCUT2D eigenvalue weighted by molar-refractivity contribution is 0.373. The van der Waals surface area contributed by atoms with Gasteiger partial charge in [-0.25, -0.2) is 9.97 Å². The van der Waals surface area contributed by atoms with Crippen molar-refractivity contribution in [1.29, 1.82) is 0 Å². The van der Waals surface area contributed by atoms with Crippen molar-refractivity contribution < 1.29 is 0 Å². The van der Waals surface area contributed by atoms with E-state index in [4.69, 9.17) is 5.73 Å². The summed E-state index contributed by atoms with van der Waals surface area (Å²) in [5.41, 5.74) is 5.59. The van der Waals surface area contributed by atoms with E-state index in [1.54, 1.807) is 6.33 Å². The maximum atomic E-state index is 5.59. The van der Waals surface area contributed by atoms with Crippen molar-refractivity contribution in [3.8, 4) is 0 Å². The highest BCUT2D eigenvalue weighted by Crippen LogP contribution is 2.23. The molecule has 0 radical (unpaired) electrons. The van der Waals surface area contributed by atoms with Crippen LogP contribution in [-0.4, -0.2) is 29.1 Å². The Balaban J connectivity index is 1.84. The van der Waals surface area contributed by atoms with Crippen molar-refractivity contribution in [3.63, 3.8) is 0 Å². The van der Waals surface area contributed by atoms with E-state index in [2.05, 4.69) is 20.6 Å². The zero-order valence-corrected chi connectivity index (χ0v) is 11.7. The Morgan fingerprint density at radius 2 is 2.00 bits per heavy atom. The second kappa shape index (κ2) is 7.28. The fourth-order valence-corrected chi connectivity index (χ4v) is 2.48. The molecule has 19 heavy (non-hydrogen) atoms. The number of nitrogens with one attached hydrogen (secondary N) is 2. The first kappa shape index (κ1) is 14.1. The van der Waals surface area contributed by atoms with Gasteiger partial charge in [0.05, 0.1) is 0 Å². The Bertz CT molecular complexity index is 376. The largest absolute Gasteiger partial charge is 0.370 e. The fraction of sp³-hybridized carbons (Fsp3) is 0.714.